The first-order chi connectivity index (χ1) is 13.9. The SMILES string of the molecule is Cc1ccccc1CNc1ccccc1NC(=O)CCc1c(C)[nH]c(=O)[nH]c1=O. The Balaban J connectivity index is 1.64. The second-order valence-electron chi connectivity index (χ2n) is 6.89. The van der Waals surface area contributed by atoms with Gasteiger partial charge in [-0.1, -0.05) is 36.4 Å². The van der Waals surface area contributed by atoms with Gasteiger partial charge in [0.05, 0.1) is 11.4 Å². The predicted octanol–water partition coefficient (Wildman–Crippen LogP) is 2.86. The Kier molecular flexibility index (Phi) is 6.29. The average molecular weight is 392 g/mol. The fourth-order valence-electron chi connectivity index (χ4n) is 3.12. The first-order valence-electron chi connectivity index (χ1n) is 9.43. The van der Waals surface area contributed by atoms with Gasteiger partial charge in [-0.2, -0.15) is 0 Å². The van der Waals surface area contributed by atoms with Gasteiger partial charge in [0.1, 0.15) is 0 Å². The summed E-state index contributed by atoms with van der Waals surface area (Å²) in [5, 5.41) is 6.26. The van der Waals surface area contributed by atoms with Crippen molar-refractivity contribution >= 4 is 17.3 Å². The lowest BCUT2D eigenvalue weighted by Crippen LogP contribution is -2.27. The summed E-state index contributed by atoms with van der Waals surface area (Å²) >= 11 is 0. The molecule has 29 heavy (non-hydrogen) atoms. The van der Waals surface area contributed by atoms with Gasteiger partial charge >= 0.3 is 5.69 Å². The summed E-state index contributed by atoms with van der Waals surface area (Å²) < 4.78 is 0. The van der Waals surface area contributed by atoms with Crippen LogP contribution in [-0.2, 0) is 17.8 Å². The summed E-state index contributed by atoms with van der Waals surface area (Å²) in [6, 6.07) is 15.6. The van der Waals surface area contributed by atoms with Crippen LogP contribution in [-0.4, -0.2) is 15.9 Å². The number of nitrogens with one attached hydrogen (secondary N) is 4. The predicted molar refractivity (Wildman–Crippen MR) is 114 cm³/mol. The Morgan fingerprint density at radius 1 is 0.931 bits per heavy atom. The molecule has 4 N–H and O–H groups in total. The molecular formula is C22H24N4O3. The number of anilines is 2. The van der Waals surface area contributed by atoms with Gasteiger partial charge in [0.15, 0.2) is 0 Å². The third kappa shape index (κ3) is 5.22. The summed E-state index contributed by atoms with van der Waals surface area (Å²) in [5.74, 6) is -0.208. The van der Waals surface area contributed by atoms with Crippen LogP contribution in [0.15, 0.2) is 58.1 Å². The number of rotatable bonds is 7. The first kappa shape index (κ1) is 20.1. The van der Waals surface area contributed by atoms with Gasteiger partial charge in [0.2, 0.25) is 5.91 Å². The van der Waals surface area contributed by atoms with Crippen molar-refractivity contribution in [1.29, 1.82) is 0 Å². The van der Waals surface area contributed by atoms with Crippen LogP contribution in [0.25, 0.3) is 0 Å². The van der Waals surface area contributed by atoms with E-state index in [4.69, 9.17) is 0 Å². The second kappa shape index (κ2) is 9.05. The molecule has 0 saturated heterocycles. The zero-order valence-corrected chi connectivity index (χ0v) is 16.5. The van der Waals surface area contributed by atoms with Gasteiger partial charge in [-0.25, -0.2) is 4.79 Å². The van der Waals surface area contributed by atoms with Crippen molar-refractivity contribution in [2.75, 3.05) is 10.6 Å². The van der Waals surface area contributed by atoms with Crippen LogP contribution in [0.5, 0.6) is 0 Å². The van der Waals surface area contributed by atoms with Gasteiger partial charge < -0.3 is 15.6 Å². The summed E-state index contributed by atoms with van der Waals surface area (Å²) in [7, 11) is 0. The Morgan fingerprint density at radius 3 is 2.34 bits per heavy atom. The van der Waals surface area contributed by atoms with Gasteiger partial charge in [0.25, 0.3) is 5.56 Å². The smallest absolute Gasteiger partial charge is 0.325 e. The number of para-hydroxylation sites is 2. The highest BCUT2D eigenvalue weighted by atomic mass is 16.2. The third-order valence-corrected chi connectivity index (χ3v) is 4.79. The van der Waals surface area contributed by atoms with Crippen molar-refractivity contribution in [2.24, 2.45) is 0 Å². The lowest BCUT2D eigenvalue weighted by Gasteiger charge is -2.14. The molecule has 0 radical (unpaired) electrons. The highest BCUT2D eigenvalue weighted by Crippen LogP contribution is 2.22. The van der Waals surface area contributed by atoms with Gasteiger partial charge in [-0.3, -0.25) is 14.6 Å². The Bertz CT molecular complexity index is 1130. The molecule has 1 heterocycles. The van der Waals surface area contributed by atoms with Crippen molar-refractivity contribution in [3.05, 3.63) is 91.8 Å². The molecule has 0 spiro atoms. The number of hydrogen-bond donors (Lipinski definition) is 4. The maximum Gasteiger partial charge on any atom is 0.325 e. The van der Waals surface area contributed by atoms with E-state index in [1.165, 1.54) is 11.1 Å². The molecule has 0 bridgehead atoms. The lowest BCUT2D eigenvalue weighted by atomic mass is 10.1. The molecule has 3 aromatic rings. The highest BCUT2D eigenvalue weighted by molar-refractivity contribution is 5.94. The van der Waals surface area contributed by atoms with Gasteiger partial charge in [0, 0.05) is 24.2 Å². The van der Waals surface area contributed by atoms with Crippen molar-refractivity contribution in [3.8, 4) is 0 Å². The Morgan fingerprint density at radius 2 is 1.62 bits per heavy atom. The number of carbonyl (C=O) groups excluding carboxylic acids is 1. The number of hydrogen-bond acceptors (Lipinski definition) is 4. The number of benzene rings is 2. The molecule has 0 aliphatic carbocycles. The van der Waals surface area contributed by atoms with Crippen LogP contribution in [0.2, 0.25) is 0 Å². The minimum atomic E-state index is -0.547. The highest BCUT2D eigenvalue weighted by Gasteiger charge is 2.11. The molecular weight excluding hydrogens is 368 g/mol. The van der Waals surface area contributed by atoms with Crippen LogP contribution in [0.4, 0.5) is 11.4 Å². The van der Waals surface area contributed by atoms with Crippen molar-refractivity contribution < 1.29 is 4.79 Å². The van der Waals surface area contributed by atoms with Gasteiger partial charge in [-0.15, -0.1) is 0 Å². The minimum absolute atomic E-state index is 0.127. The molecule has 0 aliphatic rings. The van der Waals surface area contributed by atoms with Crippen molar-refractivity contribution in [2.45, 2.75) is 33.2 Å². The molecule has 3 rings (SSSR count). The molecule has 0 atom stereocenters. The summed E-state index contributed by atoms with van der Waals surface area (Å²) in [6.07, 6.45) is 0.366. The van der Waals surface area contributed by atoms with Crippen LogP contribution in [0.3, 0.4) is 0 Å². The summed E-state index contributed by atoms with van der Waals surface area (Å²) in [4.78, 5) is 40.4. The largest absolute Gasteiger partial charge is 0.379 e. The number of aromatic amines is 2. The number of aryl methyl sites for hydroxylation is 2. The van der Waals surface area contributed by atoms with E-state index in [2.05, 4.69) is 39.7 Å². The van der Waals surface area contributed by atoms with Crippen LogP contribution < -0.4 is 21.9 Å². The topological polar surface area (TPSA) is 107 Å². The molecule has 7 heteroatoms. The quantitative estimate of drug-likeness (QED) is 0.496. The number of H-pyrrole nitrogens is 2. The van der Waals surface area contributed by atoms with E-state index in [9.17, 15) is 14.4 Å². The second-order valence-corrected chi connectivity index (χ2v) is 6.89. The zero-order valence-electron chi connectivity index (χ0n) is 16.5. The molecule has 150 valence electrons. The minimum Gasteiger partial charge on any atom is -0.379 e. The molecule has 0 unspecified atom stereocenters. The Hall–Kier alpha value is -3.61. The zero-order chi connectivity index (χ0) is 20.8. The number of amides is 1. The molecule has 7 nitrogen and oxygen atoms in total. The molecule has 0 aliphatic heterocycles. The van der Waals surface area contributed by atoms with E-state index in [1.807, 2.05) is 36.4 Å². The standard InChI is InChI=1S/C22H24N4O3/c1-14-7-3-4-8-16(14)13-23-18-9-5-6-10-19(18)25-20(27)12-11-17-15(2)24-22(29)26-21(17)28/h3-10,23H,11-13H2,1-2H3,(H,25,27)(H2,24,26,28,29). The molecule has 0 saturated carbocycles. The van der Waals surface area contributed by atoms with Crippen LogP contribution in [0, 0.1) is 13.8 Å². The van der Waals surface area contributed by atoms with Gasteiger partial charge in [-0.05, 0) is 43.5 Å². The van der Waals surface area contributed by atoms with Crippen LogP contribution in [0.1, 0.15) is 28.8 Å². The lowest BCUT2D eigenvalue weighted by molar-refractivity contribution is -0.116. The van der Waals surface area contributed by atoms with E-state index in [1.54, 1.807) is 6.92 Å². The van der Waals surface area contributed by atoms with Crippen molar-refractivity contribution in [3.63, 3.8) is 0 Å². The third-order valence-electron chi connectivity index (χ3n) is 4.79. The number of carbonyl (C=O) groups is 1. The fraction of sp³-hybridized carbons (Fsp3) is 0.227. The van der Waals surface area contributed by atoms with E-state index in [-0.39, 0.29) is 18.7 Å². The number of aromatic nitrogens is 2. The maximum atomic E-state index is 12.4. The van der Waals surface area contributed by atoms with E-state index in [0.717, 1.165) is 5.69 Å². The maximum absolute atomic E-state index is 12.4. The molecule has 2 aromatic carbocycles. The summed E-state index contributed by atoms with van der Waals surface area (Å²) in [5.41, 5.74) is 3.76. The molecule has 1 amide bonds. The summed E-state index contributed by atoms with van der Waals surface area (Å²) in [6.45, 7) is 4.35. The normalized spacial score (nSPS) is 10.6. The van der Waals surface area contributed by atoms with E-state index >= 15 is 0 Å². The molecule has 1 aromatic heterocycles. The first-order valence-corrected chi connectivity index (χ1v) is 9.43. The van der Waals surface area contributed by atoms with Crippen LogP contribution >= 0.6 is 0 Å². The van der Waals surface area contributed by atoms with Crippen molar-refractivity contribution in [1.82, 2.24) is 9.97 Å². The van der Waals surface area contributed by atoms with E-state index < -0.39 is 11.2 Å². The fourth-order valence-corrected chi connectivity index (χ4v) is 3.12. The Labute approximate surface area is 168 Å². The monoisotopic (exact) mass is 392 g/mol. The van der Waals surface area contributed by atoms with E-state index in [0.29, 0.717) is 23.5 Å². The average Bonchev–Trinajstić information content (AvgIpc) is 2.67. The molecule has 0 fully saturated rings.